The van der Waals surface area contributed by atoms with E-state index in [-0.39, 0.29) is 17.7 Å². The number of likely N-dealkylation sites (tertiary alicyclic amines) is 1. The summed E-state index contributed by atoms with van der Waals surface area (Å²) in [4.78, 5) is 43.3. The molecule has 3 rings (SSSR count). The van der Waals surface area contributed by atoms with Crippen molar-refractivity contribution in [1.82, 2.24) is 20.0 Å². The summed E-state index contributed by atoms with van der Waals surface area (Å²) in [5.74, 6) is 1.28. The summed E-state index contributed by atoms with van der Waals surface area (Å²) in [6.07, 6.45) is 2.20. The number of nitrogens with zero attached hydrogens (tertiary/aromatic N) is 3. The van der Waals surface area contributed by atoms with Gasteiger partial charge in [-0.1, -0.05) is 25.4 Å². The van der Waals surface area contributed by atoms with Gasteiger partial charge in [0.1, 0.15) is 0 Å². The summed E-state index contributed by atoms with van der Waals surface area (Å²) in [6, 6.07) is 6.72. The van der Waals surface area contributed by atoms with Crippen LogP contribution in [0.5, 0.6) is 0 Å². The monoisotopic (exact) mass is 462 g/mol. The van der Waals surface area contributed by atoms with Crippen molar-refractivity contribution in [3.05, 3.63) is 34.9 Å². The van der Waals surface area contributed by atoms with Gasteiger partial charge in [-0.15, -0.1) is 0 Å². The molecule has 2 atom stereocenters. The SMILES string of the molecule is CC1CC(C)CN(C(=O)CN2CCN(C(=O)CCCNC(=O)c3ccc(Cl)cc3)CC2)C1. The minimum absolute atomic E-state index is 0.107. The van der Waals surface area contributed by atoms with Crippen molar-refractivity contribution in [2.45, 2.75) is 33.1 Å². The molecule has 2 aliphatic heterocycles. The molecule has 7 nitrogen and oxygen atoms in total. The maximum Gasteiger partial charge on any atom is 0.251 e. The van der Waals surface area contributed by atoms with Gasteiger partial charge in [-0.2, -0.15) is 0 Å². The number of carbonyl (C=O) groups is 3. The van der Waals surface area contributed by atoms with Crippen LogP contribution >= 0.6 is 11.6 Å². The summed E-state index contributed by atoms with van der Waals surface area (Å²) < 4.78 is 0. The molecule has 1 N–H and O–H groups in total. The van der Waals surface area contributed by atoms with Crippen LogP contribution in [0.1, 0.15) is 43.5 Å². The summed E-state index contributed by atoms with van der Waals surface area (Å²) in [5.41, 5.74) is 0.555. The third-order valence-electron chi connectivity index (χ3n) is 6.26. The van der Waals surface area contributed by atoms with Gasteiger partial charge in [0.2, 0.25) is 11.8 Å². The predicted octanol–water partition coefficient (Wildman–Crippen LogP) is 2.50. The van der Waals surface area contributed by atoms with E-state index in [9.17, 15) is 14.4 Å². The Morgan fingerprint density at radius 1 is 0.938 bits per heavy atom. The Morgan fingerprint density at radius 2 is 1.56 bits per heavy atom. The van der Waals surface area contributed by atoms with Crippen molar-refractivity contribution >= 4 is 29.3 Å². The van der Waals surface area contributed by atoms with Crippen molar-refractivity contribution in [2.75, 3.05) is 52.4 Å². The van der Waals surface area contributed by atoms with Crippen LogP contribution in [0.4, 0.5) is 0 Å². The minimum atomic E-state index is -0.162. The standard InChI is InChI=1S/C24H35ClN4O3/c1-18-14-19(2)16-29(15-18)23(31)17-27-10-12-28(13-11-27)22(30)4-3-9-26-24(32)20-5-7-21(25)8-6-20/h5-8,18-19H,3-4,9-17H2,1-2H3,(H,26,32). The van der Waals surface area contributed by atoms with Crippen LogP contribution < -0.4 is 5.32 Å². The third-order valence-corrected chi connectivity index (χ3v) is 6.52. The van der Waals surface area contributed by atoms with Crippen LogP contribution in [0.25, 0.3) is 0 Å². The molecule has 0 saturated carbocycles. The molecule has 0 aromatic heterocycles. The lowest BCUT2D eigenvalue weighted by atomic mass is 9.92. The Labute approximate surface area is 196 Å². The Hall–Kier alpha value is -2.12. The van der Waals surface area contributed by atoms with Gasteiger partial charge >= 0.3 is 0 Å². The predicted molar refractivity (Wildman–Crippen MR) is 126 cm³/mol. The molecule has 0 radical (unpaired) electrons. The Balaban J connectivity index is 1.31. The highest BCUT2D eigenvalue weighted by Crippen LogP contribution is 2.21. The first-order valence-electron chi connectivity index (χ1n) is 11.6. The van der Waals surface area contributed by atoms with E-state index < -0.39 is 0 Å². The first-order chi connectivity index (χ1) is 15.3. The average Bonchev–Trinajstić information content (AvgIpc) is 2.76. The first kappa shape index (κ1) is 24.5. The molecule has 1 aromatic carbocycles. The molecule has 0 bridgehead atoms. The molecular formula is C24H35ClN4O3. The molecule has 8 heteroatoms. The highest BCUT2D eigenvalue weighted by molar-refractivity contribution is 6.30. The number of hydrogen-bond acceptors (Lipinski definition) is 4. The number of benzene rings is 1. The molecule has 0 spiro atoms. The molecule has 2 fully saturated rings. The zero-order valence-electron chi connectivity index (χ0n) is 19.2. The smallest absolute Gasteiger partial charge is 0.251 e. The van der Waals surface area contributed by atoms with Crippen molar-refractivity contribution in [3.63, 3.8) is 0 Å². The maximum absolute atomic E-state index is 12.7. The van der Waals surface area contributed by atoms with E-state index in [2.05, 4.69) is 24.1 Å². The van der Waals surface area contributed by atoms with Crippen LogP contribution in [-0.2, 0) is 9.59 Å². The lowest BCUT2D eigenvalue weighted by Gasteiger charge is -2.38. The van der Waals surface area contributed by atoms with E-state index in [0.29, 0.717) is 61.4 Å². The molecule has 2 aliphatic rings. The second-order valence-corrected chi connectivity index (χ2v) is 9.70. The number of rotatable bonds is 7. The molecule has 2 unspecified atom stereocenters. The fourth-order valence-corrected chi connectivity index (χ4v) is 4.74. The van der Waals surface area contributed by atoms with Gasteiger partial charge in [0, 0.05) is 62.8 Å². The van der Waals surface area contributed by atoms with Crippen molar-refractivity contribution < 1.29 is 14.4 Å². The van der Waals surface area contributed by atoms with E-state index in [1.54, 1.807) is 24.3 Å². The van der Waals surface area contributed by atoms with Gasteiger partial charge in [-0.3, -0.25) is 19.3 Å². The van der Waals surface area contributed by atoms with Crippen LogP contribution in [0.2, 0.25) is 5.02 Å². The number of piperazine rings is 1. The van der Waals surface area contributed by atoms with Crippen LogP contribution in [0.15, 0.2) is 24.3 Å². The normalized spacial score (nSPS) is 22.0. The lowest BCUT2D eigenvalue weighted by Crippen LogP contribution is -2.53. The number of piperidine rings is 1. The van der Waals surface area contributed by atoms with Gasteiger partial charge in [-0.05, 0) is 48.9 Å². The zero-order chi connectivity index (χ0) is 23.1. The summed E-state index contributed by atoms with van der Waals surface area (Å²) in [7, 11) is 0. The van der Waals surface area contributed by atoms with E-state index in [1.165, 1.54) is 6.42 Å². The average molecular weight is 463 g/mol. The molecule has 2 heterocycles. The molecule has 3 amide bonds. The topological polar surface area (TPSA) is 73.0 Å². The second kappa shape index (κ2) is 11.7. The van der Waals surface area contributed by atoms with Gasteiger partial charge in [-0.25, -0.2) is 0 Å². The molecule has 176 valence electrons. The molecule has 1 aromatic rings. The van der Waals surface area contributed by atoms with Crippen molar-refractivity contribution in [3.8, 4) is 0 Å². The fraction of sp³-hybridized carbons (Fsp3) is 0.625. The third kappa shape index (κ3) is 7.20. The van der Waals surface area contributed by atoms with E-state index >= 15 is 0 Å². The Morgan fingerprint density at radius 3 is 2.19 bits per heavy atom. The number of nitrogens with one attached hydrogen (secondary N) is 1. The van der Waals surface area contributed by atoms with Crippen molar-refractivity contribution in [1.29, 1.82) is 0 Å². The summed E-state index contributed by atoms with van der Waals surface area (Å²) >= 11 is 5.84. The molecule has 0 aliphatic carbocycles. The molecule has 32 heavy (non-hydrogen) atoms. The Kier molecular flexibility index (Phi) is 8.93. The first-order valence-corrected chi connectivity index (χ1v) is 12.0. The highest BCUT2D eigenvalue weighted by Gasteiger charge is 2.28. The maximum atomic E-state index is 12.7. The number of amides is 3. The second-order valence-electron chi connectivity index (χ2n) is 9.27. The quantitative estimate of drug-likeness (QED) is 0.632. The Bertz CT molecular complexity index is 783. The van der Waals surface area contributed by atoms with Crippen LogP contribution in [0, 0.1) is 11.8 Å². The number of hydrogen-bond donors (Lipinski definition) is 1. The van der Waals surface area contributed by atoms with E-state index in [0.717, 1.165) is 26.2 Å². The van der Waals surface area contributed by atoms with Crippen LogP contribution in [0.3, 0.4) is 0 Å². The van der Waals surface area contributed by atoms with Gasteiger partial charge in [0.15, 0.2) is 0 Å². The minimum Gasteiger partial charge on any atom is -0.352 e. The summed E-state index contributed by atoms with van der Waals surface area (Å²) in [5, 5.41) is 3.43. The molecular weight excluding hydrogens is 428 g/mol. The summed E-state index contributed by atoms with van der Waals surface area (Å²) in [6.45, 7) is 9.78. The van der Waals surface area contributed by atoms with Crippen molar-refractivity contribution in [2.24, 2.45) is 11.8 Å². The van der Waals surface area contributed by atoms with E-state index in [4.69, 9.17) is 11.6 Å². The lowest BCUT2D eigenvalue weighted by molar-refractivity contribution is -0.136. The number of carbonyl (C=O) groups excluding carboxylic acids is 3. The van der Waals surface area contributed by atoms with Gasteiger partial charge in [0.05, 0.1) is 6.54 Å². The molecule has 2 saturated heterocycles. The fourth-order valence-electron chi connectivity index (χ4n) is 4.62. The van der Waals surface area contributed by atoms with Crippen LogP contribution in [-0.4, -0.2) is 84.8 Å². The number of halogens is 1. The van der Waals surface area contributed by atoms with E-state index in [1.807, 2.05) is 9.80 Å². The zero-order valence-corrected chi connectivity index (χ0v) is 19.9. The highest BCUT2D eigenvalue weighted by atomic mass is 35.5. The largest absolute Gasteiger partial charge is 0.352 e. The van der Waals surface area contributed by atoms with Gasteiger partial charge in [0.25, 0.3) is 5.91 Å². The van der Waals surface area contributed by atoms with Gasteiger partial charge < -0.3 is 15.1 Å².